The molecule has 2 aromatic heterocycles. The summed E-state index contributed by atoms with van der Waals surface area (Å²) in [6.07, 6.45) is 2.76. The molecule has 0 aliphatic heterocycles. The number of likely N-dealkylation sites (N-methyl/N-ethyl adjacent to an activating group) is 1. The minimum absolute atomic E-state index is 0.496. The molecule has 0 spiro atoms. The zero-order valence-corrected chi connectivity index (χ0v) is 9.72. The van der Waals surface area contributed by atoms with E-state index in [9.17, 15) is 0 Å². The van der Waals surface area contributed by atoms with Crippen molar-refractivity contribution < 1.29 is 0 Å². The van der Waals surface area contributed by atoms with E-state index in [-0.39, 0.29) is 0 Å². The molecule has 0 bridgehead atoms. The van der Waals surface area contributed by atoms with Crippen molar-refractivity contribution in [2.24, 2.45) is 5.73 Å². The molecule has 2 rings (SSSR count). The van der Waals surface area contributed by atoms with Crippen LogP contribution >= 0.6 is 0 Å². The van der Waals surface area contributed by atoms with Crippen molar-refractivity contribution in [3.63, 3.8) is 0 Å². The number of rotatable bonds is 4. The normalized spacial score (nSPS) is 11.5. The van der Waals surface area contributed by atoms with Gasteiger partial charge in [0.1, 0.15) is 0 Å². The topological polar surface area (TPSA) is 59.5 Å². The van der Waals surface area contributed by atoms with E-state index in [0.717, 1.165) is 30.0 Å². The summed E-state index contributed by atoms with van der Waals surface area (Å²) in [6.45, 7) is 1.45. The Kier molecular flexibility index (Phi) is 3.17. The van der Waals surface area contributed by atoms with Gasteiger partial charge in [-0.15, -0.1) is 0 Å². The van der Waals surface area contributed by atoms with Crippen LogP contribution in [0.1, 0.15) is 11.4 Å². The zero-order valence-electron chi connectivity index (χ0n) is 9.72. The first-order chi connectivity index (χ1) is 7.70. The molecule has 2 aromatic rings. The molecule has 86 valence electrons. The molecule has 0 radical (unpaired) electrons. The van der Waals surface area contributed by atoms with Crippen LogP contribution in [0.5, 0.6) is 0 Å². The molecule has 0 atom stereocenters. The second-order valence-corrected chi connectivity index (χ2v) is 4.09. The lowest BCUT2D eigenvalue weighted by Gasteiger charge is -2.05. The van der Waals surface area contributed by atoms with Crippen LogP contribution in [-0.4, -0.2) is 40.1 Å². The van der Waals surface area contributed by atoms with E-state index in [2.05, 4.69) is 15.0 Å². The summed E-state index contributed by atoms with van der Waals surface area (Å²) in [6, 6.07) is 3.93. The van der Waals surface area contributed by atoms with Crippen LogP contribution in [0.3, 0.4) is 0 Å². The maximum atomic E-state index is 5.66. The molecule has 0 unspecified atom stereocenters. The summed E-state index contributed by atoms with van der Waals surface area (Å²) < 4.78 is 1.80. The number of nitrogens with two attached hydrogens (primary N) is 1. The van der Waals surface area contributed by atoms with Gasteiger partial charge in [0.2, 0.25) is 0 Å². The highest BCUT2D eigenvalue weighted by Gasteiger charge is 2.06. The standard InChI is InChI=1S/C11H17N5/c1-15(2)7-5-10-13-11-9(8-12)4-3-6-16(11)14-10/h3-4,6H,5,7-8,12H2,1-2H3. The van der Waals surface area contributed by atoms with Crippen LogP contribution in [0.2, 0.25) is 0 Å². The highest BCUT2D eigenvalue weighted by Crippen LogP contribution is 2.08. The maximum absolute atomic E-state index is 5.66. The zero-order chi connectivity index (χ0) is 11.5. The van der Waals surface area contributed by atoms with Crippen molar-refractivity contribution in [1.82, 2.24) is 19.5 Å². The van der Waals surface area contributed by atoms with E-state index in [4.69, 9.17) is 5.73 Å². The molecule has 0 saturated carbocycles. The summed E-state index contributed by atoms with van der Waals surface area (Å²) in [4.78, 5) is 6.62. The van der Waals surface area contributed by atoms with E-state index < -0.39 is 0 Å². The SMILES string of the molecule is CN(C)CCc1nc2c(CN)cccn2n1. The van der Waals surface area contributed by atoms with E-state index >= 15 is 0 Å². The van der Waals surface area contributed by atoms with Crippen LogP contribution in [0.15, 0.2) is 18.3 Å². The van der Waals surface area contributed by atoms with Gasteiger partial charge in [-0.05, 0) is 20.2 Å². The van der Waals surface area contributed by atoms with E-state index in [1.54, 1.807) is 4.52 Å². The van der Waals surface area contributed by atoms with Crippen molar-refractivity contribution in [3.8, 4) is 0 Å². The molecule has 0 aliphatic rings. The molecular weight excluding hydrogens is 202 g/mol. The second-order valence-electron chi connectivity index (χ2n) is 4.09. The lowest BCUT2D eigenvalue weighted by atomic mass is 10.3. The van der Waals surface area contributed by atoms with Gasteiger partial charge in [-0.2, -0.15) is 5.10 Å². The fourth-order valence-corrected chi connectivity index (χ4v) is 1.59. The number of pyridine rings is 1. The Morgan fingerprint density at radius 1 is 1.44 bits per heavy atom. The number of nitrogens with zero attached hydrogens (tertiary/aromatic N) is 4. The van der Waals surface area contributed by atoms with Gasteiger partial charge in [-0.1, -0.05) is 6.07 Å². The Labute approximate surface area is 94.9 Å². The molecule has 2 N–H and O–H groups in total. The van der Waals surface area contributed by atoms with Crippen molar-refractivity contribution in [1.29, 1.82) is 0 Å². The molecule has 16 heavy (non-hydrogen) atoms. The summed E-state index contributed by atoms with van der Waals surface area (Å²) in [5.41, 5.74) is 7.57. The van der Waals surface area contributed by atoms with Crippen molar-refractivity contribution in [3.05, 3.63) is 29.7 Å². The fraction of sp³-hybridized carbons (Fsp3) is 0.455. The lowest BCUT2D eigenvalue weighted by molar-refractivity contribution is 0.409. The van der Waals surface area contributed by atoms with Gasteiger partial charge < -0.3 is 10.6 Å². The molecule has 2 heterocycles. The molecule has 0 saturated heterocycles. The predicted octanol–water partition coefficient (Wildman–Crippen LogP) is 0.292. The first kappa shape index (κ1) is 11.0. The predicted molar refractivity (Wildman–Crippen MR) is 63.1 cm³/mol. The van der Waals surface area contributed by atoms with Crippen molar-refractivity contribution in [2.45, 2.75) is 13.0 Å². The molecule has 0 amide bonds. The van der Waals surface area contributed by atoms with Crippen LogP contribution < -0.4 is 5.73 Å². The van der Waals surface area contributed by atoms with Gasteiger partial charge in [0.25, 0.3) is 0 Å². The fourth-order valence-electron chi connectivity index (χ4n) is 1.59. The first-order valence-electron chi connectivity index (χ1n) is 5.38. The van der Waals surface area contributed by atoms with Crippen LogP contribution in [0.25, 0.3) is 5.65 Å². The van der Waals surface area contributed by atoms with E-state index in [1.165, 1.54) is 0 Å². The van der Waals surface area contributed by atoms with E-state index in [1.807, 2.05) is 32.4 Å². The lowest BCUT2D eigenvalue weighted by Crippen LogP contribution is -2.15. The summed E-state index contributed by atoms with van der Waals surface area (Å²) in [7, 11) is 4.09. The minimum Gasteiger partial charge on any atom is -0.326 e. The smallest absolute Gasteiger partial charge is 0.160 e. The Bertz CT molecular complexity index is 474. The molecular formula is C11H17N5. The second kappa shape index (κ2) is 4.59. The third kappa shape index (κ3) is 2.20. The van der Waals surface area contributed by atoms with Gasteiger partial charge in [0, 0.05) is 31.3 Å². The number of hydrogen-bond donors (Lipinski definition) is 1. The quantitative estimate of drug-likeness (QED) is 0.803. The largest absolute Gasteiger partial charge is 0.326 e. The Morgan fingerprint density at radius 3 is 2.94 bits per heavy atom. The minimum atomic E-state index is 0.496. The van der Waals surface area contributed by atoms with Gasteiger partial charge in [-0.25, -0.2) is 9.50 Å². The summed E-state index contributed by atoms with van der Waals surface area (Å²) in [5, 5.41) is 4.42. The third-order valence-electron chi connectivity index (χ3n) is 2.49. The van der Waals surface area contributed by atoms with Crippen LogP contribution in [-0.2, 0) is 13.0 Å². The maximum Gasteiger partial charge on any atom is 0.160 e. The summed E-state index contributed by atoms with van der Waals surface area (Å²) in [5.74, 6) is 0.870. The Morgan fingerprint density at radius 2 is 2.25 bits per heavy atom. The van der Waals surface area contributed by atoms with Crippen molar-refractivity contribution in [2.75, 3.05) is 20.6 Å². The van der Waals surface area contributed by atoms with Gasteiger partial charge in [-0.3, -0.25) is 0 Å². The summed E-state index contributed by atoms with van der Waals surface area (Å²) >= 11 is 0. The average molecular weight is 219 g/mol. The molecule has 0 aliphatic carbocycles. The van der Waals surface area contributed by atoms with Crippen molar-refractivity contribution >= 4 is 5.65 Å². The highest BCUT2D eigenvalue weighted by molar-refractivity contribution is 5.46. The average Bonchev–Trinajstić information content (AvgIpc) is 2.68. The highest BCUT2D eigenvalue weighted by atomic mass is 15.3. The first-order valence-corrected chi connectivity index (χ1v) is 5.38. The van der Waals surface area contributed by atoms with Gasteiger partial charge >= 0.3 is 0 Å². The van der Waals surface area contributed by atoms with Crippen LogP contribution in [0, 0.1) is 0 Å². The molecule has 5 nitrogen and oxygen atoms in total. The van der Waals surface area contributed by atoms with E-state index in [0.29, 0.717) is 6.54 Å². The number of fused-ring (bicyclic) bond motifs is 1. The Hall–Kier alpha value is -1.46. The Balaban J connectivity index is 2.29. The molecule has 0 aromatic carbocycles. The molecule has 5 heteroatoms. The number of aromatic nitrogens is 3. The monoisotopic (exact) mass is 219 g/mol. The van der Waals surface area contributed by atoms with Gasteiger partial charge in [0.05, 0.1) is 0 Å². The van der Waals surface area contributed by atoms with Gasteiger partial charge in [0.15, 0.2) is 11.5 Å². The molecule has 0 fully saturated rings. The van der Waals surface area contributed by atoms with Crippen LogP contribution in [0.4, 0.5) is 0 Å². The third-order valence-corrected chi connectivity index (χ3v) is 2.49. The number of hydrogen-bond acceptors (Lipinski definition) is 4.